The molecule has 1 aliphatic carbocycles. The average molecular weight is 220 g/mol. The zero-order valence-corrected chi connectivity index (χ0v) is 9.65. The number of aromatic nitrogens is 1. The molecule has 0 bridgehead atoms. The average Bonchev–Trinajstić information content (AvgIpc) is 2.54. The SMILES string of the molecule is OC1(CNc2ccccn2)CCCCCC1. The second kappa shape index (κ2) is 5.30. The minimum Gasteiger partial charge on any atom is -0.388 e. The number of rotatable bonds is 3. The molecule has 2 N–H and O–H groups in total. The van der Waals surface area contributed by atoms with Gasteiger partial charge in [0, 0.05) is 12.7 Å². The Labute approximate surface area is 96.9 Å². The van der Waals surface area contributed by atoms with Crippen molar-refractivity contribution in [3.63, 3.8) is 0 Å². The monoisotopic (exact) mass is 220 g/mol. The molecule has 0 atom stereocenters. The van der Waals surface area contributed by atoms with E-state index in [0.29, 0.717) is 6.54 Å². The van der Waals surface area contributed by atoms with Gasteiger partial charge in [0.05, 0.1) is 5.60 Å². The minimum absolute atomic E-state index is 0.534. The van der Waals surface area contributed by atoms with Crippen molar-refractivity contribution < 1.29 is 5.11 Å². The first-order valence-electron chi connectivity index (χ1n) is 6.16. The highest BCUT2D eigenvalue weighted by atomic mass is 16.3. The van der Waals surface area contributed by atoms with Crippen LogP contribution in [0.5, 0.6) is 0 Å². The summed E-state index contributed by atoms with van der Waals surface area (Å²) < 4.78 is 0. The number of hydrogen-bond acceptors (Lipinski definition) is 3. The van der Waals surface area contributed by atoms with E-state index in [9.17, 15) is 5.11 Å². The van der Waals surface area contributed by atoms with Crippen LogP contribution in [0.4, 0.5) is 5.82 Å². The van der Waals surface area contributed by atoms with Gasteiger partial charge in [-0.25, -0.2) is 4.98 Å². The standard InChI is InChI=1S/C13H20N2O/c16-13(8-4-1-2-5-9-13)11-15-12-7-3-6-10-14-12/h3,6-7,10,16H,1-2,4-5,8-9,11H2,(H,14,15). The van der Waals surface area contributed by atoms with E-state index in [2.05, 4.69) is 10.3 Å². The van der Waals surface area contributed by atoms with Crippen LogP contribution >= 0.6 is 0 Å². The smallest absolute Gasteiger partial charge is 0.125 e. The van der Waals surface area contributed by atoms with Crippen molar-refractivity contribution in [2.75, 3.05) is 11.9 Å². The summed E-state index contributed by atoms with van der Waals surface area (Å²) in [5, 5.41) is 13.6. The second-order valence-electron chi connectivity index (χ2n) is 4.71. The van der Waals surface area contributed by atoms with Gasteiger partial charge in [0.25, 0.3) is 0 Å². The lowest BCUT2D eigenvalue weighted by molar-refractivity contribution is 0.0380. The molecule has 0 aromatic carbocycles. The molecular formula is C13H20N2O. The van der Waals surface area contributed by atoms with Crippen LogP contribution in [0.25, 0.3) is 0 Å². The lowest BCUT2D eigenvalue weighted by atomic mass is 9.94. The first-order chi connectivity index (χ1) is 7.79. The highest BCUT2D eigenvalue weighted by molar-refractivity contribution is 5.33. The van der Waals surface area contributed by atoms with E-state index in [-0.39, 0.29) is 0 Å². The van der Waals surface area contributed by atoms with Crippen molar-refractivity contribution in [3.05, 3.63) is 24.4 Å². The van der Waals surface area contributed by atoms with Crippen molar-refractivity contribution in [1.82, 2.24) is 4.98 Å². The van der Waals surface area contributed by atoms with Crippen LogP contribution in [0.3, 0.4) is 0 Å². The summed E-state index contributed by atoms with van der Waals surface area (Å²) in [6, 6.07) is 5.78. The maximum absolute atomic E-state index is 10.4. The van der Waals surface area contributed by atoms with Crippen LogP contribution in [0.15, 0.2) is 24.4 Å². The minimum atomic E-state index is -0.534. The van der Waals surface area contributed by atoms with Crippen molar-refractivity contribution in [1.29, 1.82) is 0 Å². The molecule has 3 heteroatoms. The van der Waals surface area contributed by atoms with Gasteiger partial charge in [-0.15, -0.1) is 0 Å². The van der Waals surface area contributed by atoms with Crippen molar-refractivity contribution in [3.8, 4) is 0 Å². The van der Waals surface area contributed by atoms with E-state index in [4.69, 9.17) is 0 Å². The third-order valence-electron chi connectivity index (χ3n) is 3.30. The van der Waals surface area contributed by atoms with Crippen LogP contribution in [0.2, 0.25) is 0 Å². The maximum Gasteiger partial charge on any atom is 0.125 e. The molecule has 88 valence electrons. The Bertz CT molecular complexity index is 305. The van der Waals surface area contributed by atoms with Gasteiger partial charge in [-0.1, -0.05) is 31.7 Å². The van der Waals surface area contributed by atoms with Crippen LogP contribution < -0.4 is 5.32 Å². The molecular weight excluding hydrogens is 200 g/mol. The van der Waals surface area contributed by atoms with Crippen LogP contribution in [0, 0.1) is 0 Å². The van der Waals surface area contributed by atoms with Crippen LogP contribution in [0.1, 0.15) is 38.5 Å². The van der Waals surface area contributed by atoms with Crippen molar-refractivity contribution >= 4 is 5.82 Å². The third kappa shape index (κ3) is 3.20. The summed E-state index contributed by atoms with van der Waals surface area (Å²) >= 11 is 0. The molecule has 0 aliphatic heterocycles. The highest BCUT2D eigenvalue weighted by Gasteiger charge is 2.27. The van der Waals surface area contributed by atoms with Crippen LogP contribution in [-0.4, -0.2) is 22.2 Å². The lowest BCUT2D eigenvalue weighted by Gasteiger charge is -2.27. The normalized spacial score (nSPS) is 20.1. The molecule has 1 saturated carbocycles. The Hall–Kier alpha value is -1.09. The van der Waals surface area contributed by atoms with Gasteiger partial charge in [-0.2, -0.15) is 0 Å². The first kappa shape index (κ1) is 11.4. The fraction of sp³-hybridized carbons (Fsp3) is 0.615. The molecule has 1 aliphatic rings. The van der Waals surface area contributed by atoms with Gasteiger partial charge in [0.1, 0.15) is 5.82 Å². The molecule has 0 unspecified atom stereocenters. The van der Waals surface area contributed by atoms with E-state index >= 15 is 0 Å². The number of anilines is 1. The number of aliphatic hydroxyl groups is 1. The van der Waals surface area contributed by atoms with Crippen LogP contribution in [-0.2, 0) is 0 Å². The summed E-state index contributed by atoms with van der Waals surface area (Å²) in [7, 11) is 0. The van der Waals surface area contributed by atoms with E-state index < -0.39 is 5.60 Å². The molecule has 16 heavy (non-hydrogen) atoms. The van der Waals surface area contributed by atoms with E-state index in [1.807, 2.05) is 18.2 Å². The molecule has 3 nitrogen and oxygen atoms in total. The topological polar surface area (TPSA) is 45.1 Å². The van der Waals surface area contributed by atoms with E-state index in [1.165, 1.54) is 12.8 Å². The number of hydrogen-bond donors (Lipinski definition) is 2. The Morgan fingerprint density at radius 3 is 2.56 bits per heavy atom. The Morgan fingerprint density at radius 1 is 1.19 bits per heavy atom. The van der Waals surface area contributed by atoms with Gasteiger partial charge in [0.2, 0.25) is 0 Å². The largest absolute Gasteiger partial charge is 0.388 e. The van der Waals surface area contributed by atoms with Crippen molar-refractivity contribution in [2.45, 2.75) is 44.1 Å². The highest BCUT2D eigenvalue weighted by Crippen LogP contribution is 2.27. The Kier molecular flexibility index (Phi) is 3.78. The summed E-state index contributed by atoms with van der Waals surface area (Å²) in [6.45, 7) is 0.615. The maximum atomic E-state index is 10.4. The molecule has 1 fully saturated rings. The second-order valence-corrected chi connectivity index (χ2v) is 4.71. The fourth-order valence-electron chi connectivity index (χ4n) is 2.29. The molecule has 2 rings (SSSR count). The van der Waals surface area contributed by atoms with E-state index in [0.717, 1.165) is 31.5 Å². The number of nitrogens with one attached hydrogen (secondary N) is 1. The molecule has 1 heterocycles. The summed E-state index contributed by atoms with van der Waals surface area (Å²) in [5.41, 5.74) is -0.534. The quantitative estimate of drug-likeness (QED) is 0.770. The Balaban J connectivity index is 1.88. The van der Waals surface area contributed by atoms with Crippen molar-refractivity contribution in [2.24, 2.45) is 0 Å². The molecule has 1 aromatic rings. The fourth-order valence-corrected chi connectivity index (χ4v) is 2.29. The zero-order chi connectivity index (χ0) is 11.3. The predicted molar refractivity (Wildman–Crippen MR) is 65.4 cm³/mol. The molecule has 0 saturated heterocycles. The number of pyridine rings is 1. The first-order valence-corrected chi connectivity index (χ1v) is 6.16. The molecule has 0 amide bonds. The zero-order valence-electron chi connectivity index (χ0n) is 9.65. The molecule has 1 aromatic heterocycles. The van der Waals surface area contributed by atoms with Gasteiger partial charge < -0.3 is 10.4 Å². The lowest BCUT2D eigenvalue weighted by Crippen LogP contribution is -2.36. The Morgan fingerprint density at radius 2 is 1.94 bits per heavy atom. The summed E-state index contributed by atoms with van der Waals surface area (Å²) in [5.74, 6) is 0.847. The van der Waals surface area contributed by atoms with Gasteiger partial charge in [0.15, 0.2) is 0 Å². The number of nitrogens with zero attached hydrogens (tertiary/aromatic N) is 1. The van der Waals surface area contributed by atoms with E-state index in [1.54, 1.807) is 6.20 Å². The molecule has 0 spiro atoms. The van der Waals surface area contributed by atoms with Gasteiger partial charge in [-0.05, 0) is 25.0 Å². The third-order valence-corrected chi connectivity index (χ3v) is 3.30. The predicted octanol–water partition coefficient (Wildman–Crippen LogP) is 2.58. The van der Waals surface area contributed by atoms with Gasteiger partial charge >= 0.3 is 0 Å². The summed E-state index contributed by atoms with van der Waals surface area (Å²) in [6.07, 6.45) is 8.37. The summed E-state index contributed by atoms with van der Waals surface area (Å²) in [4.78, 5) is 4.20. The molecule has 0 radical (unpaired) electrons. The van der Waals surface area contributed by atoms with Gasteiger partial charge in [-0.3, -0.25) is 0 Å².